The van der Waals surface area contributed by atoms with E-state index in [1.165, 1.54) is 12.1 Å². The van der Waals surface area contributed by atoms with Crippen LogP contribution in [0.4, 0.5) is 17.6 Å². The van der Waals surface area contributed by atoms with Crippen LogP contribution in [0.2, 0.25) is 0 Å². The summed E-state index contributed by atoms with van der Waals surface area (Å²) in [5.41, 5.74) is -0.624. The van der Waals surface area contributed by atoms with Crippen LogP contribution in [0.3, 0.4) is 0 Å². The summed E-state index contributed by atoms with van der Waals surface area (Å²) in [5.74, 6) is -1.22. The van der Waals surface area contributed by atoms with E-state index in [-0.39, 0.29) is 12.0 Å². The van der Waals surface area contributed by atoms with Crippen LogP contribution < -0.4 is 10.6 Å². The molecule has 0 spiro atoms. The maximum Gasteiger partial charge on any atom is 0.419 e. The zero-order valence-corrected chi connectivity index (χ0v) is 10.4. The highest BCUT2D eigenvalue weighted by Gasteiger charge is 2.34. The lowest BCUT2D eigenvalue weighted by Crippen LogP contribution is -2.16. The van der Waals surface area contributed by atoms with Gasteiger partial charge in [-0.1, -0.05) is 12.1 Å². The van der Waals surface area contributed by atoms with Crippen molar-refractivity contribution in [3.05, 3.63) is 47.0 Å². The second-order valence-corrected chi connectivity index (χ2v) is 4.36. The summed E-state index contributed by atoms with van der Waals surface area (Å²) in [6.45, 7) is 0. The predicted molar refractivity (Wildman–Crippen MR) is 65.7 cm³/mol. The Hall–Kier alpha value is -1.63. The molecule has 7 heteroatoms. The number of benzene rings is 1. The van der Waals surface area contributed by atoms with Gasteiger partial charge in [-0.2, -0.15) is 13.2 Å². The first-order valence-electron chi connectivity index (χ1n) is 5.44. The van der Waals surface area contributed by atoms with Gasteiger partial charge >= 0.3 is 6.18 Å². The fraction of sp³-hybridized carbons (Fsp3) is 0.250. The Morgan fingerprint density at radius 3 is 2.53 bits per heavy atom. The summed E-state index contributed by atoms with van der Waals surface area (Å²) >= 11 is 4.77. The first-order chi connectivity index (χ1) is 8.88. The molecular formula is C12H9F4N2S. The summed E-state index contributed by atoms with van der Waals surface area (Å²) in [7, 11) is 0. The summed E-state index contributed by atoms with van der Waals surface area (Å²) in [4.78, 5) is 0. The van der Waals surface area contributed by atoms with E-state index in [4.69, 9.17) is 12.2 Å². The lowest BCUT2D eigenvalue weighted by Gasteiger charge is -2.11. The van der Waals surface area contributed by atoms with Gasteiger partial charge in [-0.05, 0) is 36.7 Å². The highest BCUT2D eigenvalue weighted by molar-refractivity contribution is 7.80. The highest BCUT2D eigenvalue weighted by atomic mass is 32.1. The zero-order valence-electron chi connectivity index (χ0n) is 9.59. The minimum atomic E-state index is -4.68. The Labute approximate surface area is 112 Å². The van der Waals surface area contributed by atoms with Gasteiger partial charge in [-0.25, -0.2) is 9.71 Å². The summed E-state index contributed by atoms with van der Waals surface area (Å²) in [5, 5.41) is 6.93. The molecule has 0 amide bonds. The summed E-state index contributed by atoms with van der Waals surface area (Å²) in [6.07, 6.45) is -2.66. The molecule has 0 bridgehead atoms. The molecule has 0 aliphatic carbocycles. The molecule has 1 aliphatic heterocycles. The van der Waals surface area contributed by atoms with Crippen LogP contribution in [0.15, 0.2) is 30.1 Å². The number of hydrogen-bond acceptors (Lipinski definition) is 1. The largest absolute Gasteiger partial charge is 0.419 e. The SMILES string of the molecule is Fc1c(CCC2=CNC(=S)[N]2)cccc1C(F)(F)F. The molecule has 1 aliphatic rings. The van der Waals surface area contributed by atoms with Crippen molar-refractivity contribution < 1.29 is 17.6 Å². The molecule has 0 saturated heterocycles. The van der Waals surface area contributed by atoms with Crippen LogP contribution >= 0.6 is 12.2 Å². The molecule has 2 nitrogen and oxygen atoms in total. The third kappa shape index (κ3) is 3.23. The van der Waals surface area contributed by atoms with E-state index >= 15 is 0 Å². The Kier molecular flexibility index (Phi) is 3.75. The molecule has 1 radical (unpaired) electrons. The molecule has 1 aromatic rings. The van der Waals surface area contributed by atoms with Gasteiger partial charge in [0.2, 0.25) is 0 Å². The van der Waals surface area contributed by atoms with Gasteiger partial charge in [0.25, 0.3) is 0 Å². The Morgan fingerprint density at radius 2 is 1.95 bits per heavy atom. The number of allylic oxidation sites excluding steroid dienone is 1. The number of nitrogens with one attached hydrogen (secondary N) is 1. The minimum Gasteiger partial charge on any atom is -0.336 e. The van der Waals surface area contributed by atoms with Gasteiger partial charge < -0.3 is 5.32 Å². The van der Waals surface area contributed by atoms with Crippen molar-refractivity contribution in [1.82, 2.24) is 10.6 Å². The highest BCUT2D eigenvalue weighted by Crippen LogP contribution is 2.32. The first-order valence-corrected chi connectivity index (χ1v) is 5.84. The van der Waals surface area contributed by atoms with Gasteiger partial charge in [-0.15, -0.1) is 0 Å². The first kappa shape index (κ1) is 13.8. The van der Waals surface area contributed by atoms with Crippen molar-refractivity contribution in [2.24, 2.45) is 0 Å². The Bertz CT molecular complexity index is 537. The van der Waals surface area contributed by atoms with Crippen LogP contribution in [0.5, 0.6) is 0 Å². The van der Waals surface area contributed by atoms with E-state index in [1.54, 1.807) is 6.20 Å². The monoisotopic (exact) mass is 289 g/mol. The number of thiocarbonyl (C=S) groups is 1. The number of aryl methyl sites for hydroxylation is 1. The third-order valence-electron chi connectivity index (χ3n) is 2.64. The third-order valence-corrected chi connectivity index (χ3v) is 2.85. The molecule has 0 atom stereocenters. The average Bonchev–Trinajstić information content (AvgIpc) is 2.72. The number of hydrogen-bond donors (Lipinski definition) is 1. The van der Waals surface area contributed by atoms with Gasteiger partial charge in [-0.3, -0.25) is 0 Å². The number of halogens is 4. The molecule has 0 saturated carbocycles. The molecule has 101 valence electrons. The van der Waals surface area contributed by atoms with Crippen LogP contribution in [-0.2, 0) is 12.6 Å². The second-order valence-electron chi connectivity index (χ2n) is 3.97. The zero-order chi connectivity index (χ0) is 14.0. The predicted octanol–water partition coefficient (Wildman–Crippen LogP) is 3.11. The van der Waals surface area contributed by atoms with Gasteiger partial charge in [0.1, 0.15) is 5.82 Å². The van der Waals surface area contributed by atoms with Crippen molar-refractivity contribution >= 4 is 17.3 Å². The lowest BCUT2D eigenvalue weighted by molar-refractivity contribution is -0.140. The number of rotatable bonds is 3. The fourth-order valence-electron chi connectivity index (χ4n) is 1.72. The molecule has 0 unspecified atom stereocenters. The van der Waals surface area contributed by atoms with E-state index in [0.29, 0.717) is 17.2 Å². The second kappa shape index (κ2) is 5.16. The topological polar surface area (TPSA) is 26.1 Å². The normalized spacial score (nSPS) is 14.9. The molecule has 1 N–H and O–H groups in total. The number of nitrogens with zero attached hydrogens (tertiary/aromatic N) is 1. The van der Waals surface area contributed by atoms with Gasteiger partial charge in [0.15, 0.2) is 5.11 Å². The number of alkyl halides is 3. The standard InChI is InChI=1S/C12H9F4N2S/c13-10-7(2-1-3-9(10)12(14,15)16)4-5-8-6-17-11(19)18-8/h1-3,6H,4-5H2,(H,17,19). The Morgan fingerprint density at radius 1 is 1.21 bits per heavy atom. The molecule has 1 aromatic carbocycles. The van der Waals surface area contributed by atoms with Crippen molar-refractivity contribution in [2.75, 3.05) is 0 Å². The lowest BCUT2D eigenvalue weighted by atomic mass is 10.0. The van der Waals surface area contributed by atoms with Gasteiger partial charge in [0, 0.05) is 6.20 Å². The van der Waals surface area contributed by atoms with Crippen LogP contribution in [-0.4, -0.2) is 5.11 Å². The molecule has 2 rings (SSSR count). The molecule has 0 fully saturated rings. The quantitative estimate of drug-likeness (QED) is 0.683. The van der Waals surface area contributed by atoms with Crippen LogP contribution in [0.25, 0.3) is 0 Å². The van der Waals surface area contributed by atoms with E-state index < -0.39 is 17.6 Å². The minimum absolute atomic E-state index is 0.0174. The maximum absolute atomic E-state index is 13.7. The van der Waals surface area contributed by atoms with Crippen LogP contribution in [0.1, 0.15) is 17.5 Å². The van der Waals surface area contributed by atoms with Crippen molar-refractivity contribution in [1.29, 1.82) is 0 Å². The van der Waals surface area contributed by atoms with Crippen molar-refractivity contribution in [3.8, 4) is 0 Å². The molecular weight excluding hydrogens is 280 g/mol. The van der Waals surface area contributed by atoms with Gasteiger partial charge in [0.05, 0.1) is 11.3 Å². The maximum atomic E-state index is 13.7. The van der Waals surface area contributed by atoms with E-state index in [9.17, 15) is 17.6 Å². The van der Waals surface area contributed by atoms with Crippen LogP contribution in [0, 0.1) is 5.82 Å². The molecule has 0 aromatic heterocycles. The van der Waals surface area contributed by atoms with E-state index in [2.05, 4.69) is 10.6 Å². The average molecular weight is 289 g/mol. The smallest absolute Gasteiger partial charge is 0.336 e. The summed E-state index contributed by atoms with van der Waals surface area (Å²) < 4.78 is 51.3. The fourth-order valence-corrected chi connectivity index (χ4v) is 1.90. The molecule has 19 heavy (non-hydrogen) atoms. The Balaban J connectivity index is 2.11. The van der Waals surface area contributed by atoms with Crippen molar-refractivity contribution in [3.63, 3.8) is 0 Å². The van der Waals surface area contributed by atoms with Crippen molar-refractivity contribution in [2.45, 2.75) is 19.0 Å². The summed E-state index contributed by atoms with van der Waals surface area (Å²) in [6, 6.07) is 3.27. The van der Waals surface area contributed by atoms with E-state index in [0.717, 1.165) is 6.07 Å². The molecule has 1 heterocycles. The van der Waals surface area contributed by atoms with E-state index in [1.807, 2.05) is 0 Å².